The first-order valence-corrected chi connectivity index (χ1v) is 6.35. The molecule has 3 rings (SSSR count). The van der Waals surface area contributed by atoms with Crippen LogP contribution in [-0.2, 0) is 9.53 Å². The first kappa shape index (κ1) is 10.9. The molecule has 17 heavy (non-hydrogen) atoms. The van der Waals surface area contributed by atoms with Crippen LogP contribution in [0.3, 0.4) is 0 Å². The van der Waals surface area contributed by atoms with Crippen LogP contribution in [0.25, 0.3) is 0 Å². The van der Waals surface area contributed by atoms with Crippen LogP contribution in [0.15, 0.2) is 23.0 Å². The van der Waals surface area contributed by atoms with E-state index in [1.165, 1.54) is 6.42 Å². The fraction of sp³-hybridized carbons (Fsp3) is 0.643. The molecular weight excluding hydrogens is 216 g/mol. The lowest BCUT2D eigenvalue weighted by atomic mass is 9.61. The first-order chi connectivity index (χ1) is 8.13. The Morgan fingerprint density at radius 1 is 1.47 bits per heavy atom. The predicted molar refractivity (Wildman–Crippen MR) is 62.2 cm³/mol. The molecule has 1 aromatic rings. The summed E-state index contributed by atoms with van der Waals surface area (Å²) in [4.78, 5) is 12.1. The second-order valence-electron chi connectivity index (χ2n) is 5.73. The Balaban J connectivity index is 2.00. The van der Waals surface area contributed by atoms with E-state index in [1.54, 1.807) is 12.5 Å². The van der Waals surface area contributed by atoms with Crippen LogP contribution >= 0.6 is 0 Å². The zero-order valence-corrected chi connectivity index (χ0v) is 10.3. The topological polar surface area (TPSA) is 39.4 Å². The molecule has 2 fully saturated rings. The Labute approximate surface area is 101 Å². The molecule has 0 amide bonds. The van der Waals surface area contributed by atoms with E-state index in [2.05, 4.69) is 13.8 Å². The van der Waals surface area contributed by atoms with E-state index in [-0.39, 0.29) is 23.4 Å². The first-order valence-electron chi connectivity index (χ1n) is 6.35. The molecule has 2 heterocycles. The minimum atomic E-state index is -0.124. The van der Waals surface area contributed by atoms with Gasteiger partial charge in [-0.05, 0) is 24.8 Å². The van der Waals surface area contributed by atoms with Gasteiger partial charge in [0.15, 0.2) is 0 Å². The number of cyclic esters (lactones) is 1. The van der Waals surface area contributed by atoms with Gasteiger partial charge in [0.2, 0.25) is 0 Å². The zero-order valence-electron chi connectivity index (χ0n) is 10.3. The highest BCUT2D eigenvalue weighted by atomic mass is 16.6. The molecule has 1 aliphatic heterocycles. The Morgan fingerprint density at radius 2 is 2.29 bits per heavy atom. The third-order valence-corrected chi connectivity index (χ3v) is 4.59. The molecule has 2 aliphatic rings. The number of hydrogen-bond acceptors (Lipinski definition) is 3. The van der Waals surface area contributed by atoms with Crippen molar-refractivity contribution in [3.63, 3.8) is 0 Å². The fourth-order valence-electron chi connectivity index (χ4n) is 3.77. The van der Waals surface area contributed by atoms with Crippen molar-refractivity contribution in [2.45, 2.75) is 39.2 Å². The van der Waals surface area contributed by atoms with E-state index in [1.807, 2.05) is 6.07 Å². The van der Waals surface area contributed by atoms with Gasteiger partial charge in [-0.15, -0.1) is 0 Å². The van der Waals surface area contributed by atoms with Crippen molar-refractivity contribution >= 4 is 5.97 Å². The normalized spacial score (nSPS) is 41.1. The molecule has 3 nitrogen and oxygen atoms in total. The summed E-state index contributed by atoms with van der Waals surface area (Å²) in [6.07, 6.45) is 6.59. The van der Waals surface area contributed by atoms with Crippen molar-refractivity contribution < 1.29 is 13.9 Å². The van der Waals surface area contributed by atoms with Crippen LogP contribution in [0.5, 0.6) is 0 Å². The molecule has 1 aromatic heterocycles. The summed E-state index contributed by atoms with van der Waals surface area (Å²) < 4.78 is 10.7. The molecule has 3 heteroatoms. The van der Waals surface area contributed by atoms with E-state index < -0.39 is 0 Å². The minimum Gasteiger partial charge on any atom is -0.472 e. The second-order valence-corrected chi connectivity index (χ2v) is 5.73. The van der Waals surface area contributed by atoms with Crippen LogP contribution in [0.4, 0.5) is 0 Å². The average molecular weight is 234 g/mol. The van der Waals surface area contributed by atoms with Crippen LogP contribution in [0.2, 0.25) is 0 Å². The number of carbonyl (C=O) groups is 1. The van der Waals surface area contributed by atoms with Crippen molar-refractivity contribution in [3.05, 3.63) is 24.2 Å². The van der Waals surface area contributed by atoms with E-state index in [0.717, 1.165) is 18.4 Å². The van der Waals surface area contributed by atoms with Gasteiger partial charge in [-0.25, -0.2) is 0 Å². The number of fused-ring (bicyclic) bond motifs is 1. The third-order valence-electron chi connectivity index (χ3n) is 4.59. The Morgan fingerprint density at radius 3 is 3.00 bits per heavy atom. The molecule has 0 aromatic carbocycles. The SMILES string of the molecule is CC1CCC[C@@]2(C)[C@H](c3ccoc3)OC(=O)[C@@H]12. The highest BCUT2D eigenvalue weighted by Crippen LogP contribution is 2.58. The summed E-state index contributed by atoms with van der Waals surface area (Å²) in [5.74, 6) is 0.459. The van der Waals surface area contributed by atoms with Crippen LogP contribution < -0.4 is 0 Å². The van der Waals surface area contributed by atoms with Gasteiger partial charge in [-0.1, -0.05) is 20.3 Å². The largest absolute Gasteiger partial charge is 0.472 e. The molecule has 0 spiro atoms. The van der Waals surface area contributed by atoms with Gasteiger partial charge in [0.1, 0.15) is 6.10 Å². The number of ether oxygens (including phenoxy) is 1. The molecular formula is C14H18O3. The van der Waals surface area contributed by atoms with E-state index in [9.17, 15) is 4.79 Å². The maximum absolute atomic E-state index is 12.1. The second kappa shape index (κ2) is 3.62. The molecule has 1 saturated carbocycles. The van der Waals surface area contributed by atoms with Gasteiger partial charge in [0, 0.05) is 11.0 Å². The lowest BCUT2D eigenvalue weighted by Crippen LogP contribution is -2.37. The zero-order chi connectivity index (χ0) is 12.0. The number of furan rings is 1. The summed E-state index contributed by atoms with van der Waals surface area (Å²) in [6, 6.07) is 1.91. The third kappa shape index (κ3) is 1.44. The molecule has 1 unspecified atom stereocenters. The lowest BCUT2D eigenvalue weighted by Gasteiger charge is -2.39. The maximum atomic E-state index is 12.1. The fourth-order valence-corrected chi connectivity index (χ4v) is 3.77. The van der Waals surface area contributed by atoms with Crippen molar-refractivity contribution in [2.75, 3.05) is 0 Å². The Hall–Kier alpha value is -1.25. The number of rotatable bonds is 1. The smallest absolute Gasteiger partial charge is 0.310 e. The lowest BCUT2D eigenvalue weighted by molar-refractivity contribution is -0.145. The van der Waals surface area contributed by atoms with E-state index in [4.69, 9.17) is 9.15 Å². The van der Waals surface area contributed by atoms with Gasteiger partial charge >= 0.3 is 5.97 Å². The van der Waals surface area contributed by atoms with Crippen LogP contribution in [0, 0.1) is 17.3 Å². The van der Waals surface area contributed by atoms with Crippen molar-refractivity contribution in [1.82, 2.24) is 0 Å². The molecule has 0 radical (unpaired) electrons. The van der Waals surface area contributed by atoms with Gasteiger partial charge in [-0.2, -0.15) is 0 Å². The quantitative estimate of drug-likeness (QED) is 0.700. The highest BCUT2D eigenvalue weighted by Gasteiger charge is 2.57. The maximum Gasteiger partial charge on any atom is 0.310 e. The van der Waals surface area contributed by atoms with Gasteiger partial charge in [-0.3, -0.25) is 4.79 Å². The van der Waals surface area contributed by atoms with Gasteiger partial charge in [0.25, 0.3) is 0 Å². The average Bonchev–Trinajstić information content (AvgIpc) is 2.85. The number of carbonyl (C=O) groups excluding carboxylic acids is 1. The summed E-state index contributed by atoms with van der Waals surface area (Å²) in [5, 5.41) is 0. The standard InChI is InChI=1S/C14H18O3/c1-9-4-3-6-14(2)11(9)13(15)17-12(14)10-5-7-16-8-10/h5,7-9,11-12H,3-4,6H2,1-2H3/t9?,11-,12+,14-/m1/s1. The van der Waals surface area contributed by atoms with E-state index >= 15 is 0 Å². The molecule has 1 saturated heterocycles. The van der Waals surface area contributed by atoms with Crippen LogP contribution in [-0.4, -0.2) is 5.97 Å². The van der Waals surface area contributed by atoms with Crippen molar-refractivity contribution in [3.8, 4) is 0 Å². The Kier molecular flexibility index (Phi) is 2.32. The monoisotopic (exact) mass is 234 g/mol. The predicted octanol–water partition coefficient (Wildman–Crippen LogP) is 3.32. The number of hydrogen-bond donors (Lipinski definition) is 0. The van der Waals surface area contributed by atoms with Gasteiger partial charge < -0.3 is 9.15 Å². The van der Waals surface area contributed by atoms with E-state index in [0.29, 0.717) is 5.92 Å². The van der Waals surface area contributed by atoms with Crippen LogP contribution in [0.1, 0.15) is 44.8 Å². The van der Waals surface area contributed by atoms with Crippen molar-refractivity contribution in [1.29, 1.82) is 0 Å². The summed E-state index contributed by atoms with van der Waals surface area (Å²) >= 11 is 0. The number of esters is 1. The minimum absolute atomic E-state index is 0.0223. The van der Waals surface area contributed by atoms with Crippen molar-refractivity contribution in [2.24, 2.45) is 17.3 Å². The molecule has 1 aliphatic carbocycles. The molecule has 0 bridgehead atoms. The molecule has 4 atom stereocenters. The Bertz CT molecular complexity index is 423. The highest BCUT2D eigenvalue weighted by molar-refractivity contribution is 5.77. The molecule has 0 N–H and O–H groups in total. The molecule has 92 valence electrons. The summed E-state index contributed by atoms with van der Waals surface area (Å²) in [5.41, 5.74) is 0.941. The summed E-state index contributed by atoms with van der Waals surface area (Å²) in [7, 11) is 0. The van der Waals surface area contributed by atoms with Gasteiger partial charge in [0.05, 0.1) is 18.4 Å². The summed E-state index contributed by atoms with van der Waals surface area (Å²) in [6.45, 7) is 4.36.